The Bertz CT molecular complexity index is 298. The van der Waals surface area contributed by atoms with Crippen molar-refractivity contribution in [3.63, 3.8) is 0 Å². The van der Waals surface area contributed by atoms with Crippen molar-refractivity contribution >= 4 is 11.3 Å². The van der Waals surface area contributed by atoms with E-state index in [4.69, 9.17) is 5.73 Å². The maximum Gasteiger partial charge on any atom is 0.0366 e. The SMILES string of the molecule is NC1c2ccsc2CC12CC2. The zero-order valence-corrected chi connectivity index (χ0v) is 7.16. The average molecular weight is 165 g/mol. The molecule has 2 aliphatic carbocycles. The van der Waals surface area contributed by atoms with E-state index < -0.39 is 0 Å². The molecule has 0 aliphatic heterocycles. The van der Waals surface area contributed by atoms with Gasteiger partial charge in [-0.25, -0.2) is 0 Å². The summed E-state index contributed by atoms with van der Waals surface area (Å²) in [6, 6.07) is 2.57. The lowest BCUT2D eigenvalue weighted by molar-refractivity contribution is 0.447. The number of thiophene rings is 1. The molecular formula is C9H11NS. The Morgan fingerprint density at radius 3 is 3.00 bits per heavy atom. The van der Waals surface area contributed by atoms with Crippen molar-refractivity contribution in [2.24, 2.45) is 11.1 Å². The van der Waals surface area contributed by atoms with Crippen LogP contribution in [-0.4, -0.2) is 0 Å². The Hall–Kier alpha value is -0.340. The van der Waals surface area contributed by atoms with Gasteiger partial charge in [-0.15, -0.1) is 11.3 Å². The van der Waals surface area contributed by atoms with Gasteiger partial charge in [0.1, 0.15) is 0 Å². The molecule has 0 radical (unpaired) electrons. The highest BCUT2D eigenvalue weighted by Crippen LogP contribution is 2.61. The van der Waals surface area contributed by atoms with Crippen molar-refractivity contribution in [3.05, 3.63) is 21.9 Å². The van der Waals surface area contributed by atoms with Gasteiger partial charge in [-0.2, -0.15) is 0 Å². The van der Waals surface area contributed by atoms with Gasteiger partial charge in [-0.1, -0.05) is 0 Å². The first-order chi connectivity index (χ1) is 5.32. The predicted molar refractivity (Wildman–Crippen MR) is 46.6 cm³/mol. The second-order valence-electron chi connectivity index (χ2n) is 3.82. The van der Waals surface area contributed by atoms with Crippen LogP contribution in [0.25, 0.3) is 0 Å². The first-order valence-corrected chi connectivity index (χ1v) is 5.02. The molecule has 1 atom stereocenters. The van der Waals surface area contributed by atoms with Crippen molar-refractivity contribution in [1.29, 1.82) is 0 Å². The third kappa shape index (κ3) is 0.644. The quantitative estimate of drug-likeness (QED) is 0.626. The van der Waals surface area contributed by atoms with Gasteiger partial charge >= 0.3 is 0 Å². The molecule has 1 heterocycles. The summed E-state index contributed by atoms with van der Waals surface area (Å²) >= 11 is 1.88. The van der Waals surface area contributed by atoms with Crippen LogP contribution >= 0.6 is 11.3 Å². The van der Waals surface area contributed by atoms with E-state index in [-0.39, 0.29) is 0 Å². The summed E-state index contributed by atoms with van der Waals surface area (Å²) in [6.07, 6.45) is 3.98. The van der Waals surface area contributed by atoms with Crippen molar-refractivity contribution in [2.45, 2.75) is 25.3 Å². The Morgan fingerprint density at radius 2 is 2.36 bits per heavy atom. The Kier molecular flexibility index (Phi) is 0.958. The topological polar surface area (TPSA) is 26.0 Å². The first-order valence-electron chi connectivity index (χ1n) is 4.14. The lowest BCUT2D eigenvalue weighted by Crippen LogP contribution is -2.17. The minimum absolute atomic E-state index is 0.365. The van der Waals surface area contributed by atoms with Crippen LogP contribution in [0.3, 0.4) is 0 Å². The molecule has 2 aliphatic rings. The standard InChI is InChI=1S/C9H11NS/c10-8-6-1-4-11-7(6)5-9(8)2-3-9/h1,4,8H,2-3,5,10H2. The maximum absolute atomic E-state index is 6.14. The number of hydrogen-bond donors (Lipinski definition) is 1. The summed E-state index contributed by atoms with van der Waals surface area (Å²) < 4.78 is 0. The summed E-state index contributed by atoms with van der Waals surface area (Å²) in [5, 5.41) is 2.17. The molecule has 2 heteroatoms. The molecule has 0 bridgehead atoms. The fourth-order valence-corrected chi connectivity index (χ4v) is 3.26. The van der Waals surface area contributed by atoms with Gasteiger partial charge in [0, 0.05) is 10.9 Å². The summed E-state index contributed by atoms with van der Waals surface area (Å²) in [5.41, 5.74) is 8.11. The van der Waals surface area contributed by atoms with Crippen LogP contribution in [0.2, 0.25) is 0 Å². The first kappa shape index (κ1) is 6.21. The number of rotatable bonds is 0. The molecule has 2 N–H and O–H groups in total. The van der Waals surface area contributed by atoms with Crippen molar-refractivity contribution in [1.82, 2.24) is 0 Å². The van der Waals surface area contributed by atoms with Crippen LogP contribution in [0, 0.1) is 5.41 Å². The van der Waals surface area contributed by atoms with E-state index >= 15 is 0 Å². The summed E-state index contributed by atoms with van der Waals surface area (Å²) in [4.78, 5) is 1.55. The van der Waals surface area contributed by atoms with Gasteiger partial charge < -0.3 is 5.73 Å². The van der Waals surface area contributed by atoms with Gasteiger partial charge in [0.2, 0.25) is 0 Å². The second kappa shape index (κ2) is 1.70. The third-order valence-corrected chi connectivity index (χ3v) is 4.12. The van der Waals surface area contributed by atoms with Gasteiger partial charge in [-0.3, -0.25) is 0 Å². The fraction of sp³-hybridized carbons (Fsp3) is 0.556. The van der Waals surface area contributed by atoms with Crippen LogP contribution in [0.5, 0.6) is 0 Å². The molecule has 1 aromatic rings. The zero-order chi connectivity index (χ0) is 7.47. The molecule has 1 unspecified atom stereocenters. The van der Waals surface area contributed by atoms with Gasteiger partial charge in [-0.05, 0) is 41.7 Å². The predicted octanol–water partition coefficient (Wildman–Crippen LogP) is 2.08. The maximum atomic E-state index is 6.14. The number of hydrogen-bond acceptors (Lipinski definition) is 2. The van der Waals surface area contributed by atoms with E-state index in [1.54, 1.807) is 4.88 Å². The van der Waals surface area contributed by atoms with Crippen LogP contribution in [-0.2, 0) is 6.42 Å². The molecule has 0 aromatic carbocycles. The largest absolute Gasteiger partial charge is 0.323 e. The molecule has 1 spiro atoms. The molecule has 1 saturated carbocycles. The normalized spacial score (nSPS) is 30.8. The Labute approximate surface area is 70.2 Å². The van der Waals surface area contributed by atoms with Crippen LogP contribution in [0.1, 0.15) is 29.3 Å². The van der Waals surface area contributed by atoms with Gasteiger partial charge in [0.05, 0.1) is 0 Å². The van der Waals surface area contributed by atoms with E-state index in [1.165, 1.54) is 24.8 Å². The average Bonchev–Trinajstić information content (AvgIpc) is 2.53. The lowest BCUT2D eigenvalue weighted by atomic mass is 9.99. The van der Waals surface area contributed by atoms with Crippen LogP contribution in [0.4, 0.5) is 0 Å². The van der Waals surface area contributed by atoms with Gasteiger partial charge in [0.15, 0.2) is 0 Å². The minimum atomic E-state index is 0.365. The molecule has 3 rings (SSSR count). The fourth-order valence-electron chi connectivity index (χ4n) is 2.18. The molecule has 11 heavy (non-hydrogen) atoms. The van der Waals surface area contributed by atoms with E-state index in [2.05, 4.69) is 11.4 Å². The highest BCUT2D eigenvalue weighted by Gasteiger charge is 2.53. The zero-order valence-electron chi connectivity index (χ0n) is 6.34. The van der Waals surface area contributed by atoms with E-state index in [0.29, 0.717) is 11.5 Å². The smallest absolute Gasteiger partial charge is 0.0366 e. The number of nitrogens with two attached hydrogens (primary N) is 1. The third-order valence-electron chi connectivity index (χ3n) is 3.18. The van der Waals surface area contributed by atoms with Crippen molar-refractivity contribution in [3.8, 4) is 0 Å². The Balaban J connectivity index is 2.12. The molecule has 1 fully saturated rings. The monoisotopic (exact) mass is 165 g/mol. The second-order valence-corrected chi connectivity index (χ2v) is 4.82. The molecule has 1 aromatic heterocycles. The van der Waals surface area contributed by atoms with E-state index in [9.17, 15) is 0 Å². The highest BCUT2D eigenvalue weighted by molar-refractivity contribution is 7.10. The molecular weight excluding hydrogens is 154 g/mol. The van der Waals surface area contributed by atoms with Crippen LogP contribution < -0.4 is 5.73 Å². The van der Waals surface area contributed by atoms with Crippen molar-refractivity contribution in [2.75, 3.05) is 0 Å². The lowest BCUT2D eigenvalue weighted by Gasteiger charge is -2.12. The summed E-state index contributed by atoms with van der Waals surface area (Å²) in [5.74, 6) is 0. The summed E-state index contributed by atoms with van der Waals surface area (Å²) in [7, 11) is 0. The molecule has 0 amide bonds. The molecule has 1 nitrogen and oxygen atoms in total. The summed E-state index contributed by atoms with van der Waals surface area (Å²) in [6.45, 7) is 0. The van der Waals surface area contributed by atoms with E-state index in [0.717, 1.165) is 0 Å². The van der Waals surface area contributed by atoms with Crippen molar-refractivity contribution < 1.29 is 0 Å². The highest BCUT2D eigenvalue weighted by atomic mass is 32.1. The van der Waals surface area contributed by atoms with E-state index in [1.807, 2.05) is 11.3 Å². The molecule has 58 valence electrons. The van der Waals surface area contributed by atoms with Gasteiger partial charge in [0.25, 0.3) is 0 Å². The Morgan fingerprint density at radius 1 is 1.55 bits per heavy atom. The minimum Gasteiger partial charge on any atom is -0.323 e. The van der Waals surface area contributed by atoms with Crippen LogP contribution in [0.15, 0.2) is 11.4 Å². The number of fused-ring (bicyclic) bond motifs is 1. The molecule has 0 saturated heterocycles.